The lowest BCUT2D eigenvalue weighted by Gasteiger charge is -2.56. The van der Waals surface area contributed by atoms with Gasteiger partial charge in [-0.1, -0.05) is 23.7 Å². The minimum Gasteiger partial charge on any atom is -0.421 e. The molecule has 23 heavy (non-hydrogen) atoms. The molecule has 1 aromatic heterocycles. The molecule has 4 aliphatic carbocycles. The van der Waals surface area contributed by atoms with Crippen molar-refractivity contribution >= 4 is 11.6 Å². The van der Waals surface area contributed by atoms with Gasteiger partial charge in [0.05, 0.1) is 10.6 Å². The lowest BCUT2D eigenvalue weighted by atomic mass is 9.49. The van der Waals surface area contributed by atoms with Gasteiger partial charge in [-0.25, -0.2) is 0 Å². The van der Waals surface area contributed by atoms with E-state index in [4.69, 9.17) is 16.0 Å². The summed E-state index contributed by atoms with van der Waals surface area (Å²) in [7, 11) is 0. The van der Waals surface area contributed by atoms with E-state index in [1.807, 2.05) is 24.3 Å². The van der Waals surface area contributed by atoms with E-state index in [-0.39, 0.29) is 0 Å². The third-order valence-corrected chi connectivity index (χ3v) is 6.59. The van der Waals surface area contributed by atoms with Crippen LogP contribution in [0.25, 0.3) is 11.5 Å². The molecule has 0 atom stereocenters. The Balaban J connectivity index is 1.41. The number of nitrogens with zero attached hydrogens (tertiary/aromatic N) is 2. The van der Waals surface area contributed by atoms with E-state index in [0.717, 1.165) is 35.6 Å². The SMILES string of the molecule is Clc1ccccc1-c1nnc(CC23CC4CC(CC(C4)C2)C3)o1. The summed E-state index contributed by atoms with van der Waals surface area (Å²) in [5, 5.41) is 9.24. The summed E-state index contributed by atoms with van der Waals surface area (Å²) in [5.74, 6) is 4.20. The van der Waals surface area contributed by atoms with Crippen LogP contribution >= 0.6 is 11.6 Å². The summed E-state index contributed by atoms with van der Waals surface area (Å²) in [6.07, 6.45) is 9.44. The molecule has 4 saturated carbocycles. The Morgan fingerprint density at radius 1 is 1.00 bits per heavy atom. The summed E-state index contributed by atoms with van der Waals surface area (Å²) in [6.45, 7) is 0. The van der Waals surface area contributed by atoms with Crippen molar-refractivity contribution in [3.05, 3.63) is 35.2 Å². The zero-order chi connectivity index (χ0) is 15.4. The number of aromatic nitrogens is 2. The Morgan fingerprint density at radius 3 is 2.30 bits per heavy atom. The van der Waals surface area contributed by atoms with Crippen LogP contribution < -0.4 is 0 Å². The predicted molar refractivity (Wildman–Crippen MR) is 89.1 cm³/mol. The Morgan fingerprint density at radius 2 is 1.65 bits per heavy atom. The first-order chi connectivity index (χ1) is 11.2. The zero-order valence-corrected chi connectivity index (χ0v) is 13.9. The summed E-state index contributed by atoms with van der Waals surface area (Å²) in [5.41, 5.74) is 1.26. The van der Waals surface area contributed by atoms with Gasteiger partial charge in [0, 0.05) is 6.42 Å². The van der Waals surface area contributed by atoms with Crippen molar-refractivity contribution in [2.45, 2.75) is 44.9 Å². The quantitative estimate of drug-likeness (QED) is 0.782. The van der Waals surface area contributed by atoms with Crippen LogP contribution in [0, 0.1) is 23.2 Å². The monoisotopic (exact) mass is 328 g/mol. The van der Waals surface area contributed by atoms with Crippen LogP contribution in [-0.2, 0) is 6.42 Å². The molecule has 4 aliphatic rings. The molecule has 6 rings (SSSR count). The molecule has 0 unspecified atom stereocenters. The molecule has 0 radical (unpaired) electrons. The molecule has 2 aromatic rings. The maximum Gasteiger partial charge on any atom is 0.249 e. The highest BCUT2D eigenvalue weighted by Crippen LogP contribution is 2.61. The van der Waals surface area contributed by atoms with E-state index < -0.39 is 0 Å². The van der Waals surface area contributed by atoms with E-state index in [2.05, 4.69) is 10.2 Å². The van der Waals surface area contributed by atoms with E-state index in [1.54, 1.807) is 0 Å². The highest BCUT2D eigenvalue weighted by molar-refractivity contribution is 6.33. The summed E-state index contributed by atoms with van der Waals surface area (Å²) >= 11 is 6.24. The summed E-state index contributed by atoms with van der Waals surface area (Å²) in [4.78, 5) is 0. The molecule has 4 heteroatoms. The molecule has 0 amide bonds. The second-order valence-corrected chi connectivity index (χ2v) is 8.48. The molecule has 0 spiro atoms. The van der Waals surface area contributed by atoms with E-state index >= 15 is 0 Å². The Labute approximate surface area is 141 Å². The van der Waals surface area contributed by atoms with Gasteiger partial charge >= 0.3 is 0 Å². The Bertz CT molecular complexity index is 703. The third-order valence-electron chi connectivity index (χ3n) is 6.26. The van der Waals surface area contributed by atoms with Crippen molar-refractivity contribution in [2.24, 2.45) is 23.2 Å². The topological polar surface area (TPSA) is 38.9 Å². The summed E-state index contributed by atoms with van der Waals surface area (Å²) in [6, 6.07) is 7.66. The van der Waals surface area contributed by atoms with Crippen molar-refractivity contribution in [3.63, 3.8) is 0 Å². The Kier molecular flexibility index (Phi) is 3.09. The maximum absolute atomic E-state index is 6.24. The third kappa shape index (κ3) is 2.40. The normalized spacial score (nSPS) is 34.9. The zero-order valence-electron chi connectivity index (χ0n) is 13.2. The largest absolute Gasteiger partial charge is 0.421 e. The molecule has 0 N–H and O–H groups in total. The van der Waals surface area contributed by atoms with Crippen molar-refractivity contribution in [2.75, 3.05) is 0 Å². The first-order valence-corrected chi connectivity index (χ1v) is 9.14. The second kappa shape index (κ2) is 5.07. The molecule has 0 saturated heterocycles. The smallest absolute Gasteiger partial charge is 0.249 e. The number of rotatable bonds is 3. The van der Waals surface area contributed by atoms with Crippen LogP contribution in [0.1, 0.15) is 44.4 Å². The predicted octanol–water partition coefficient (Wildman–Crippen LogP) is 5.15. The van der Waals surface area contributed by atoms with Gasteiger partial charge in [-0.15, -0.1) is 10.2 Å². The van der Waals surface area contributed by atoms with Crippen LogP contribution in [0.4, 0.5) is 0 Å². The van der Waals surface area contributed by atoms with Gasteiger partial charge in [-0.05, 0) is 73.8 Å². The average molecular weight is 329 g/mol. The number of hydrogen-bond donors (Lipinski definition) is 0. The fourth-order valence-electron chi connectivity index (χ4n) is 5.90. The molecular weight excluding hydrogens is 308 g/mol. The first-order valence-electron chi connectivity index (χ1n) is 8.76. The van der Waals surface area contributed by atoms with Crippen LogP contribution in [0.15, 0.2) is 28.7 Å². The van der Waals surface area contributed by atoms with E-state index in [9.17, 15) is 0 Å². The van der Waals surface area contributed by atoms with Crippen LogP contribution in [0.5, 0.6) is 0 Å². The van der Waals surface area contributed by atoms with Crippen LogP contribution in [0.2, 0.25) is 5.02 Å². The molecular formula is C19H21ClN2O. The maximum atomic E-state index is 6.24. The lowest BCUT2D eigenvalue weighted by molar-refractivity contribution is -0.0550. The summed E-state index contributed by atoms with van der Waals surface area (Å²) < 4.78 is 5.98. The number of hydrogen-bond acceptors (Lipinski definition) is 3. The Hall–Kier alpha value is -1.35. The number of halogens is 1. The molecule has 0 aliphatic heterocycles. The molecule has 3 nitrogen and oxygen atoms in total. The first kappa shape index (κ1) is 14.0. The minimum absolute atomic E-state index is 0.430. The fraction of sp³-hybridized carbons (Fsp3) is 0.579. The lowest BCUT2D eigenvalue weighted by Crippen LogP contribution is -2.47. The van der Waals surface area contributed by atoms with Crippen molar-refractivity contribution < 1.29 is 4.42 Å². The van der Waals surface area contributed by atoms with Gasteiger partial charge < -0.3 is 4.42 Å². The van der Waals surface area contributed by atoms with Gasteiger partial charge in [0.25, 0.3) is 0 Å². The van der Waals surface area contributed by atoms with Gasteiger partial charge in [-0.2, -0.15) is 0 Å². The molecule has 120 valence electrons. The van der Waals surface area contributed by atoms with Crippen LogP contribution in [-0.4, -0.2) is 10.2 Å². The molecule has 1 heterocycles. The average Bonchev–Trinajstić information content (AvgIpc) is 2.93. The van der Waals surface area contributed by atoms with E-state index in [0.29, 0.717) is 16.3 Å². The van der Waals surface area contributed by atoms with E-state index in [1.165, 1.54) is 38.5 Å². The van der Waals surface area contributed by atoms with Crippen molar-refractivity contribution in [3.8, 4) is 11.5 Å². The number of benzene rings is 1. The van der Waals surface area contributed by atoms with Gasteiger partial charge in [-0.3, -0.25) is 0 Å². The molecule has 4 bridgehead atoms. The van der Waals surface area contributed by atoms with Crippen molar-refractivity contribution in [1.29, 1.82) is 0 Å². The molecule has 1 aromatic carbocycles. The highest BCUT2D eigenvalue weighted by atomic mass is 35.5. The standard InChI is InChI=1S/C19H21ClN2O/c20-16-4-2-1-3-15(16)18-22-21-17(23-18)11-19-8-12-5-13(9-19)7-14(6-12)10-19/h1-4,12-14H,5-11H2. The second-order valence-electron chi connectivity index (χ2n) is 8.08. The van der Waals surface area contributed by atoms with Gasteiger partial charge in [0.2, 0.25) is 11.8 Å². The minimum atomic E-state index is 0.430. The fourth-order valence-corrected chi connectivity index (χ4v) is 6.11. The van der Waals surface area contributed by atoms with Crippen LogP contribution in [0.3, 0.4) is 0 Å². The van der Waals surface area contributed by atoms with Gasteiger partial charge in [0.15, 0.2) is 0 Å². The van der Waals surface area contributed by atoms with Gasteiger partial charge in [0.1, 0.15) is 0 Å². The van der Waals surface area contributed by atoms with Crippen molar-refractivity contribution in [1.82, 2.24) is 10.2 Å². The molecule has 4 fully saturated rings. The highest BCUT2D eigenvalue weighted by Gasteiger charge is 2.51.